The van der Waals surface area contributed by atoms with Crippen molar-refractivity contribution in [1.82, 2.24) is 4.98 Å². The Balaban J connectivity index is 2.19. The Morgan fingerprint density at radius 3 is 2.75 bits per heavy atom. The van der Waals surface area contributed by atoms with Crippen molar-refractivity contribution in [2.75, 3.05) is 7.11 Å². The molecule has 0 fully saturated rings. The summed E-state index contributed by atoms with van der Waals surface area (Å²) in [5, 5.41) is 9.93. The molecule has 0 aliphatic heterocycles. The van der Waals surface area contributed by atoms with Gasteiger partial charge in [0.25, 0.3) is 0 Å². The summed E-state index contributed by atoms with van der Waals surface area (Å²) in [7, 11) is 1.65. The molecule has 0 aliphatic rings. The lowest BCUT2D eigenvalue weighted by Gasteiger charge is -2.08. The maximum absolute atomic E-state index is 8.98. The largest absolute Gasteiger partial charge is 0.496 e. The monoisotopic (exact) mass is 260 g/mol. The van der Waals surface area contributed by atoms with Crippen LogP contribution in [0.15, 0.2) is 54.7 Å². The van der Waals surface area contributed by atoms with Crippen molar-refractivity contribution in [3.8, 4) is 22.9 Å². The minimum absolute atomic E-state index is 0.636. The van der Waals surface area contributed by atoms with Gasteiger partial charge in [0.05, 0.1) is 24.3 Å². The second-order valence-electron chi connectivity index (χ2n) is 4.44. The Kier molecular flexibility index (Phi) is 3.06. The number of benzene rings is 2. The van der Waals surface area contributed by atoms with Crippen LogP contribution in [0.25, 0.3) is 22.0 Å². The van der Waals surface area contributed by atoms with E-state index in [1.807, 2.05) is 48.7 Å². The molecule has 0 amide bonds. The van der Waals surface area contributed by atoms with E-state index >= 15 is 0 Å². The molecule has 1 heterocycles. The molecular formula is C17H12N2O. The molecule has 3 nitrogen and oxygen atoms in total. The number of hydrogen-bond donors (Lipinski definition) is 0. The summed E-state index contributed by atoms with van der Waals surface area (Å²) in [6.45, 7) is 0. The average molecular weight is 260 g/mol. The fourth-order valence-electron chi connectivity index (χ4n) is 2.23. The minimum Gasteiger partial charge on any atom is -0.496 e. The molecule has 0 radical (unpaired) electrons. The van der Waals surface area contributed by atoms with E-state index in [9.17, 15) is 0 Å². The van der Waals surface area contributed by atoms with Crippen molar-refractivity contribution in [3.63, 3.8) is 0 Å². The van der Waals surface area contributed by atoms with Crippen LogP contribution in [0.3, 0.4) is 0 Å². The number of nitrogens with zero attached hydrogens (tertiary/aromatic N) is 2. The maximum Gasteiger partial charge on any atom is 0.126 e. The third-order valence-electron chi connectivity index (χ3n) is 3.23. The lowest BCUT2D eigenvalue weighted by molar-refractivity contribution is 0.416. The average Bonchev–Trinajstić information content (AvgIpc) is 2.53. The molecule has 3 heteroatoms. The zero-order chi connectivity index (χ0) is 13.9. The molecule has 0 atom stereocenters. The standard InChI is InChI=1S/C17H12N2O/c1-20-17-5-3-2-4-15(17)14-9-13-8-12(10-18)6-7-16(13)19-11-14/h2-9,11H,1H3. The molecule has 0 saturated heterocycles. The second-order valence-corrected chi connectivity index (χ2v) is 4.44. The van der Waals surface area contributed by atoms with Gasteiger partial charge in [-0.15, -0.1) is 0 Å². The van der Waals surface area contributed by atoms with Gasteiger partial charge in [-0.05, 0) is 30.3 Å². The Morgan fingerprint density at radius 2 is 1.95 bits per heavy atom. The van der Waals surface area contributed by atoms with Crippen LogP contribution in [0, 0.1) is 11.3 Å². The van der Waals surface area contributed by atoms with E-state index in [0.29, 0.717) is 5.56 Å². The van der Waals surface area contributed by atoms with Crippen molar-refractivity contribution < 1.29 is 4.74 Å². The van der Waals surface area contributed by atoms with Gasteiger partial charge in [0.1, 0.15) is 5.75 Å². The molecule has 2 aromatic carbocycles. The maximum atomic E-state index is 8.98. The fraction of sp³-hybridized carbons (Fsp3) is 0.0588. The number of para-hydroxylation sites is 1. The predicted octanol–water partition coefficient (Wildman–Crippen LogP) is 3.78. The molecule has 1 aromatic heterocycles. The van der Waals surface area contributed by atoms with E-state index in [1.165, 1.54) is 0 Å². The van der Waals surface area contributed by atoms with E-state index in [0.717, 1.165) is 27.8 Å². The molecule has 3 rings (SSSR count). The first kappa shape index (κ1) is 12.2. The summed E-state index contributed by atoms with van der Waals surface area (Å²) >= 11 is 0. The van der Waals surface area contributed by atoms with Crippen LogP contribution in [-0.4, -0.2) is 12.1 Å². The predicted molar refractivity (Wildman–Crippen MR) is 78.4 cm³/mol. The smallest absolute Gasteiger partial charge is 0.126 e. The Labute approximate surface area is 117 Å². The summed E-state index contributed by atoms with van der Waals surface area (Å²) in [4.78, 5) is 4.44. The highest BCUT2D eigenvalue weighted by Gasteiger charge is 2.06. The van der Waals surface area contributed by atoms with Crippen molar-refractivity contribution in [2.45, 2.75) is 0 Å². The van der Waals surface area contributed by atoms with E-state index in [2.05, 4.69) is 11.1 Å². The van der Waals surface area contributed by atoms with Crippen LogP contribution in [0.4, 0.5) is 0 Å². The third kappa shape index (κ3) is 2.08. The Hall–Kier alpha value is -2.86. The third-order valence-corrected chi connectivity index (χ3v) is 3.23. The van der Waals surface area contributed by atoms with Gasteiger partial charge in [0, 0.05) is 22.7 Å². The van der Waals surface area contributed by atoms with E-state index < -0.39 is 0 Å². The number of nitriles is 1. The van der Waals surface area contributed by atoms with Crippen molar-refractivity contribution in [3.05, 3.63) is 60.3 Å². The van der Waals surface area contributed by atoms with Gasteiger partial charge in [-0.1, -0.05) is 18.2 Å². The van der Waals surface area contributed by atoms with Crippen LogP contribution in [0.5, 0.6) is 5.75 Å². The van der Waals surface area contributed by atoms with Crippen LogP contribution in [-0.2, 0) is 0 Å². The molecule has 20 heavy (non-hydrogen) atoms. The SMILES string of the molecule is COc1ccccc1-c1cnc2ccc(C#N)cc2c1. The Bertz CT molecular complexity index is 819. The second kappa shape index (κ2) is 5.02. The van der Waals surface area contributed by atoms with Crippen molar-refractivity contribution in [1.29, 1.82) is 5.26 Å². The summed E-state index contributed by atoms with van der Waals surface area (Å²) in [5.74, 6) is 0.810. The Morgan fingerprint density at radius 1 is 1.10 bits per heavy atom. The van der Waals surface area contributed by atoms with Gasteiger partial charge in [-0.25, -0.2) is 0 Å². The number of aromatic nitrogens is 1. The van der Waals surface area contributed by atoms with Gasteiger partial charge >= 0.3 is 0 Å². The van der Waals surface area contributed by atoms with Crippen LogP contribution < -0.4 is 4.74 Å². The lowest BCUT2D eigenvalue weighted by Crippen LogP contribution is -1.89. The molecule has 0 saturated carbocycles. The fourth-order valence-corrected chi connectivity index (χ4v) is 2.23. The molecule has 3 aromatic rings. The van der Waals surface area contributed by atoms with Crippen molar-refractivity contribution in [2.24, 2.45) is 0 Å². The van der Waals surface area contributed by atoms with E-state index in [4.69, 9.17) is 10.00 Å². The van der Waals surface area contributed by atoms with Crippen LogP contribution in [0.2, 0.25) is 0 Å². The summed E-state index contributed by atoms with van der Waals surface area (Å²) < 4.78 is 5.38. The van der Waals surface area contributed by atoms with Crippen molar-refractivity contribution >= 4 is 10.9 Å². The highest BCUT2D eigenvalue weighted by molar-refractivity contribution is 5.85. The molecule has 0 spiro atoms. The number of ether oxygens (including phenoxy) is 1. The van der Waals surface area contributed by atoms with Gasteiger partial charge in [-0.3, -0.25) is 4.98 Å². The number of pyridine rings is 1. The first-order chi connectivity index (χ1) is 9.81. The zero-order valence-electron chi connectivity index (χ0n) is 11.0. The number of methoxy groups -OCH3 is 1. The molecule has 0 aliphatic carbocycles. The molecular weight excluding hydrogens is 248 g/mol. The van der Waals surface area contributed by atoms with Gasteiger partial charge in [0.15, 0.2) is 0 Å². The zero-order valence-corrected chi connectivity index (χ0v) is 11.0. The quantitative estimate of drug-likeness (QED) is 0.704. The van der Waals surface area contributed by atoms with Gasteiger partial charge in [-0.2, -0.15) is 5.26 Å². The summed E-state index contributed by atoms with van der Waals surface area (Å²) in [6, 6.07) is 17.5. The molecule has 0 N–H and O–H groups in total. The molecule has 0 unspecified atom stereocenters. The van der Waals surface area contributed by atoms with Gasteiger partial charge < -0.3 is 4.74 Å². The topological polar surface area (TPSA) is 45.9 Å². The van der Waals surface area contributed by atoms with E-state index in [1.54, 1.807) is 13.2 Å². The number of rotatable bonds is 2. The normalized spacial score (nSPS) is 10.2. The van der Waals surface area contributed by atoms with Crippen LogP contribution >= 0.6 is 0 Å². The lowest BCUT2D eigenvalue weighted by atomic mass is 10.0. The highest BCUT2D eigenvalue weighted by Crippen LogP contribution is 2.30. The summed E-state index contributed by atoms with van der Waals surface area (Å²) in [5.41, 5.74) is 3.48. The summed E-state index contributed by atoms with van der Waals surface area (Å²) in [6.07, 6.45) is 1.83. The van der Waals surface area contributed by atoms with Crippen LogP contribution in [0.1, 0.15) is 5.56 Å². The number of fused-ring (bicyclic) bond motifs is 1. The minimum atomic E-state index is 0.636. The van der Waals surface area contributed by atoms with Gasteiger partial charge in [0.2, 0.25) is 0 Å². The first-order valence-corrected chi connectivity index (χ1v) is 6.25. The first-order valence-electron chi connectivity index (χ1n) is 6.25. The molecule has 96 valence electrons. The highest BCUT2D eigenvalue weighted by atomic mass is 16.5. The molecule has 0 bridgehead atoms. The number of hydrogen-bond acceptors (Lipinski definition) is 3. The van der Waals surface area contributed by atoms with E-state index in [-0.39, 0.29) is 0 Å².